The summed E-state index contributed by atoms with van der Waals surface area (Å²) in [6.07, 6.45) is 1.08. The fourth-order valence-electron chi connectivity index (χ4n) is 0.807. The number of rotatable bonds is 2. The van der Waals surface area contributed by atoms with Crippen molar-refractivity contribution in [3.8, 4) is 0 Å². The first-order chi connectivity index (χ1) is 4.22. The molecule has 0 bridgehead atoms. The highest BCUT2D eigenvalue weighted by molar-refractivity contribution is 8.01. The average molecular weight is 146 g/mol. The largest absolute Gasteiger partial charge is 0.481 e. The van der Waals surface area contributed by atoms with Gasteiger partial charge in [-0.05, 0) is 12.2 Å². The minimum atomic E-state index is -0.660. The van der Waals surface area contributed by atoms with Crippen molar-refractivity contribution in [2.24, 2.45) is 5.92 Å². The van der Waals surface area contributed by atoms with Crippen molar-refractivity contribution in [3.05, 3.63) is 0 Å². The fourth-order valence-corrected chi connectivity index (χ4v) is 1.72. The van der Waals surface area contributed by atoms with Crippen molar-refractivity contribution < 1.29 is 9.90 Å². The first-order valence-corrected chi connectivity index (χ1v) is 4.11. The smallest absolute Gasteiger partial charge is 0.307 e. The second kappa shape index (κ2) is 2.60. The molecule has 52 valence electrons. The molecule has 0 amide bonds. The van der Waals surface area contributed by atoms with Gasteiger partial charge in [0.15, 0.2) is 0 Å². The highest BCUT2D eigenvalue weighted by atomic mass is 32.2. The molecule has 0 spiro atoms. The lowest BCUT2D eigenvalue weighted by Gasteiger charge is -2.27. The first-order valence-electron chi connectivity index (χ1n) is 3.06. The van der Waals surface area contributed by atoms with Crippen molar-refractivity contribution in [1.29, 1.82) is 0 Å². The zero-order chi connectivity index (χ0) is 6.85. The summed E-state index contributed by atoms with van der Waals surface area (Å²) < 4.78 is 0. The van der Waals surface area contributed by atoms with Gasteiger partial charge in [0.2, 0.25) is 0 Å². The molecular formula is C6H10O2S. The van der Waals surface area contributed by atoms with Crippen molar-refractivity contribution in [2.75, 3.05) is 5.75 Å². The van der Waals surface area contributed by atoms with Crippen molar-refractivity contribution in [3.63, 3.8) is 0 Å². The Bertz CT molecular complexity index is 120. The molecule has 0 aromatic carbocycles. The Morgan fingerprint density at radius 1 is 1.89 bits per heavy atom. The minimum Gasteiger partial charge on any atom is -0.481 e. The Kier molecular flexibility index (Phi) is 2.01. The molecule has 0 radical (unpaired) electrons. The average Bonchev–Trinajstić information content (AvgIpc) is 1.60. The van der Waals surface area contributed by atoms with E-state index in [0.717, 1.165) is 12.2 Å². The van der Waals surface area contributed by atoms with E-state index in [9.17, 15) is 4.79 Å². The molecule has 1 aliphatic heterocycles. The molecule has 1 rings (SSSR count). The first kappa shape index (κ1) is 6.93. The zero-order valence-corrected chi connectivity index (χ0v) is 6.15. The molecule has 0 saturated carbocycles. The molecule has 1 aliphatic rings. The van der Waals surface area contributed by atoms with E-state index in [1.54, 1.807) is 18.7 Å². The van der Waals surface area contributed by atoms with Crippen LogP contribution in [0, 0.1) is 5.92 Å². The van der Waals surface area contributed by atoms with Gasteiger partial charge in [0, 0.05) is 5.25 Å². The Morgan fingerprint density at radius 3 is 2.56 bits per heavy atom. The summed E-state index contributed by atoms with van der Waals surface area (Å²) in [5, 5.41) is 8.90. The van der Waals surface area contributed by atoms with Crippen LogP contribution in [0.1, 0.15) is 13.3 Å². The number of carboxylic acid groups (broad SMARTS) is 1. The topological polar surface area (TPSA) is 37.3 Å². The molecule has 2 atom stereocenters. The fraction of sp³-hybridized carbons (Fsp3) is 0.833. The lowest BCUT2D eigenvalue weighted by Crippen LogP contribution is -2.29. The molecule has 0 aromatic heterocycles. The van der Waals surface area contributed by atoms with Gasteiger partial charge in [-0.2, -0.15) is 11.8 Å². The van der Waals surface area contributed by atoms with Crippen LogP contribution in [-0.2, 0) is 4.79 Å². The zero-order valence-electron chi connectivity index (χ0n) is 5.33. The van der Waals surface area contributed by atoms with Crippen LogP contribution < -0.4 is 0 Å². The monoisotopic (exact) mass is 146 g/mol. The van der Waals surface area contributed by atoms with E-state index < -0.39 is 5.97 Å². The Labute approximate surface area is 58.6 Å². The Morgan fingerprint density at radius 2 is 2.44 bits per heavy atom. The summed E-state index contributed by atoms with van der Waals surface area (Å²) in [6.45, 7) is 1.78. The van der Waals surface area contributed by atoms with Crippen LogP contribution in [0.4, 0.5) is 0 Å². The van der Waals surface area contributed by atoms with Gasteiger partial charge in [0.05, 0.1) is 5.92 Å². The lowest BCUT2D eigenvalue weighted by molar-refractivity contribution is -0.141. The van der Waals surface area contributed by atoms with E-state index in [-0.39, 0.29) is 5.92 Å². The number of aliphatic carboxylic acids is 1. The summed E-state index contributed by atoms with van der Waals surface area (Å²) in [4.78, 5) is 10.3. The maximum Gasteiger partial charge on any atom is 0.307 e. The van der Waals surface area contributed by atoms with E-state index in [1.165, 1.54) is 0 Å². The summed E-state index contributed by atoms with van der Waals surface area (Å²) in [6, 6.07) is 0. The predicted octanol–water partition coefficient (Wildman–Crippen LogP) is 1.21. The van der Waals surface area contributed by atoms with E-state index in [1.807, 2.05) is 0 Å². The summed E-state index contributed by atoms with van der Waals surface area (Å²) in [7, 11) is 0. The molecule has 1 saturated heterocycles. The van der Waals surface area contributed by atoms with Crippen LogP contribution in [0.2, 0.25) is 0 Å². The van der Waals surface area contributed by atoms with Crippen molar-refractivity contribution >= 4 is 17.7 Å². The van der Waals surface area contributed by atoms with E-state index in [0.29, 0.717) is 5.25 Å². The second-order valence-electron chi connectivity index (χ2n) is 2.32. The number of carbonyl (C=O) groups is 1. The van der Waals surface area contributed by atoms with Gasteiger partial charge < -0.3 is 5.11 Å². The predicted molar refractivity (Wildman–Crippen MR) is 37.7 cm³/mol. The molecule has 2 unspecified atom stereocenters. The number of thioether (sulfide) groups is 1. The van der Waals surface area contributed by atoms with Gasteiger partial charge in [0.25, 0.3) is 0 Å². The van der Waals surface area contributed by atoms with Gasteiger partial charge in [0.1, 0.15) is 0 Å². The standard InChI is InChI=1S/C6H10O2S/c1-4(6(7)8)5-2-3-9-5/h4-5H,2-3H2,1H3,(H,7,8). The maximum atomic E-state index is 10.3. The van der Waals surface area contributed by atoms with Crippen molar-refractivity contribution in [2.45, 2.75) is 18.6 Å². The molecule has 9 heavy (non-hydrogen) atoms. The van der Waals surface area contributed by atoms with Crippen LogP contribution in [0.25, 0.3) is 0 Å². The number of hydrogen-bond acceptors (Lipinski definition) is 2. The summed E-state index contributed by atoms with van der Waals surface area (Å²) in [5.74, 6) is 0.332. The molecule has 2 nitrogen and oxygen atoms in total. The second-order valence-corrected chi connectivity index (χ2v) is 3.67. The third-order valence-electron chi connectivity index (χ3n) is 1.68. The molecule has 3 heteroatoms. The number of hydrogen-bond donors (Lipinski definition) is 1. The van der Waals surface area contributed by atoms with Gasteiger partial charge in [-0.25, -0.2) is 0 Å². The van der Waals surface area contributed by atoms with Gasteiger partial charge in [-0.3, -0.25) is 4.79 Å². The van der Waals surface area contributed by atoms with E-state index in [4.69, 9.17) is 5.11 Å². The summed E-state index contributed by atoms with van der Waals surface area (Å²) in [5.41, 5.74) is 0. The lowest BCUT2D eigenvalue weighted by atomic mass is 10.1. The molecule has 1 fully saturated rings. The van der Waals surface area contributed by atoms with Crippen molar-refractivity contribution in [1.82, 2.24) is 0 Å². The SMILES string of the molecule is CC(C(=O)O)C1CCS1. The molecule has 0 aromatic rings. The third kappa shape index (κ3) is 1.39. The minimum absolute atomic E-state index is 0.149. The Hall–Kier alpha value is -0.180. The van der Waals surface area contributed by atoms with E-state index >= 15 is 0 Å². The van der Waals surface area contributed by atoms with Crippen LogP contribution in [0.15, 0.2) is 0 Å². The quantitative estimate of drug-likeness (QED) is 0.636. The van der Waals surface area contributed by atoms with Crippen LogP contribution in [0.3, 0.4) is 0 Å². The highest BCUT2D eigenvalue weighted by Crippen LogP contribution is 2.33. The molecular weight excluding hydrogens is 136 g/mol. The third-order valence-corrected chi connectivity index (χ3v) is 3.23. The molecule has 0 aliphatic carbocycles. The van der Waals surface area contributed by atoms with Crippen LogP contribution in [0.5, 0.6) is 0 Å². The van der Waals surface area contributed by atoms with Gasteiger partial charge >= 0.3 is 5.97 Å². The normalized spacial score (nSPS) is 28.8. The van der Waals surface area contributed by atoms with Crippen LogP contribution in [-0.4, -0.2) is 22.1 Å². The molecule has 1 heterocycles. The van der Waals surface area contributed by atoms with E-state index in [2.05, 4.69) is 0 Å². The van der Waals surface area contributed by atoms with Gasteiger partial charge in [-0.15, -0.1) is 0 Å². The number of carboxylic acids is 1. The Balaban J connectivity index is 2.32. The maximum absolute atomic E-state index is 10.3. The molecule has 1 N–H and O–H groups in total. The summed E-state index contributed by atoms with van der Waals surface area (Å²) >= 11 is 1.76. The highest BCUT2D eigenvalue weighted by Gasteiger charge is 2.28. The van der Waals surface area contributed by atoms with Crippen LogP contribution >= 0.6 is 11.8 Å². The van der Waals surface area contributed by atoms with Gasteiger partial charge in [-0.1, -0.05) is 6.92 Å².